The molecule has 2 rings (SSSR count). The van der Waals surface area contributed by atoms with Gasteiger partial charge in [-0.05, 0) is 31.0 Å². The summed E-state index contributed by atoms with van der Waals surface area (Å²) < 4.78 is 26.1. The maximum atomic E-state index is 13.2. The van der Waals surface area contributed by atoms with E-state index in [1.165, 1.54) is 0 Å². The molecular formula is C12H13F2NO2. The Kier molecular flexibility index (Phi) is 3.68. The van der Waals surface area contributed by atoms with Crippen molar-refractivity contribution in [1.29, 1.82) is 0 Å². The van der Waals surface area contributed by atoms with Crippen molar-refractivity contribution in [2.45, 2.75) is 31.8 Å². The summed E-state index contributed by atoms with van der Waals surface area (Å²) in [5, 5.41) is 0. The zero-order valence-electron chi connectivity index (χ0n) is 9.21. The smallest absolute Gasteiger partial charge is 0.270 e. The van der Waals surface area contributed by atoms with Crippen LogP contribution in [-0.2, 0) is 4.84 Å². The van der Waals surface area contributed by atoms with Crippen molar-refractivity contribution >= 4 is 5.91 Å². The molecule has 0 spiro atoms. The average molecular weight is 241 g/mol. The third-order valence-corrected chi connectivity index (χ3v) is 2.79. The van der Waals surface area contributed by atoms with Gasteiger partial charge in [-0.3, -0.25) is 9.63 Å². The lowest BCUT2D eigenvalue weighted by molar-refractivity contribution is -0.0127. The molecule has 1 N–H and O–H groups in total. The van der Waals surface area contributed by atoms with E-state index < -0.39 is 17.5 Å². The number of hydrogen-bond acceptors (Lipinski definition) is 2. The molecule has 0 heterocycles. The maximum absolute atomic E-state index is 13.2. The van der Waals surface area contributed by atoms with Crippen LogP contribution in [0, 0.1) is 11.6 Å². The minimum absolute atomic E-state index is 0.0180. The molecule has 1 aliphatic rings. The highest BCUT2D eigenvalue weighted by Crippen LogP contribution is 2.20. The van der Waals surface area contributed by atoms with Crippen LogP contribution in [0.25, 0.3) is 0 Å². The Morgan fingerprint density at radius 1 is 1.29 bits per heavy atom. The first-order chi connectivity index (χ1) is 8.16. The van der Waals surface area contributed by atoms with Gasteiger partial charge in [-0.2, -0.15) is 0 Å². The lowest BCUT2D eigenvalue weighted by Crippen LogP contribution is -2.29. The monoisotopic (exact) mass is 241 g/mol. The molecule has 17 heavy (non-hydrogen) atoms. The second-order valence-corrected chi connectivity index (χ2v) is 4.08. The number of hydrogen-bond donors (Lipinski definition) is 1. The van der Waals surface area contributed by atoms with Gasteiger partial charge in [0.05, 0.1) is 11.7 Å². The van der Waals surface area contributed by atoms with Crippen molar-refractivity contribution in [3.05, 3.63) is 35.4 Å². The van der Waals surface area contributed by atoms with Gasteiger partial charge in [0, 0.05) is 0 Å². The largest absolute Gasteiger partial charge is 0.277 e. The van der Waals surface area contributed by atoms with Crippen LogP contribution in [0.4, 0.5) is 8.78 Å². The van der Waals surface area contributed by atoms with E-state index in [0.717, 1.165) is 43.9 Å². The van der Waals surface area contributed by atoms with E-state index in [4.69, 9.17) is 4.84 Å². The summed E-state index contributed by atoms with van der Waals surface area (Å²) in [6, 6.07) is 2.73. The van der Waals surface area contributed by atoms with Crippen molar-refractivity contribution in [2.75, 3.05) is 0 Å². The Balaban J connectivity index is 1.96. The van der Waals surface area contributed by atoms with Gasteiger partial charge in [0.25, 0.3) is 5.91 Å². The molecule has 1 saturated carbocycles. The average Bonchev–Trinajstić information content (AvgIpc) is 2.82. The van der Waals surface area contributed by atoms with Crippen molar-refractivity contribution < 1.29 is 18.4 Å². The summed E-state index contributed by atoms with van der Waals surface area (Å²) >= 11 is 0. The highest BCUT2D eigenvalue weighted by atomic mass is 19.1. The summed E-state index contributed by atoms with van der Waals surface area (Å²) in [5.74, 6) is -2.18. The normalized spacial score (nSPS) is 16.1. The van der Waals surface area contributed by atoms with Crippen LogP contribution in [0.2, 0.25) is 0 Å². The topological polar surface area (TPSA) is 38.3 Å². The number of halogens is 2. The number of amides is 1. The number of benzene rings is 1. The van der Waals surface area contributed by atoms with E-state index in [9.17, 15) is 13.6 Å². The van der Waals surface area contributed by atoms with E-state index in [2.05, 4.69) is 5.48 Å². The molecule has 92 valence electrons. The molecule has 1 amide bonds. The van der Waals surface area contributed by atoms with Crippen molar-refractivity contribution in [2.24, 2.45) is 0 Å². The lowest BCUT2D eigenvalue weighted by atomic mass is 10.2. The number of carbonyl (C=O) groups is 1. The third kappa shape index (κ3) is 3.00. The van der Waals surface area contributed by atoms with Crippen LogP contribution in [0.5, 0.6) is 0 Å². The highest BCUT2D eigenvalue weighted by Gasteiger charge is 2.18. The molecule has 1 aromatic carbocycles. The molecule has 0 saturated heterocycles. The van der Waals surface area contributed by atoms with Gasteiger partial charge in [-0.25, -0.2) is 14.3 Å². The summed E-state index contributed by atoms with van der Waals surface area (Å²) in [4.78, 5) is 16.7. The standard InChI is InChI=1S/C12H13F2NO2/c13-8-5-6-11(14)10(7-8)12(16)15-17-9-3-1-2-4-9/h5-7,9H,1-4H2,(H,15,16). The van der Waals surface area contributed by atoms with Gasteiger partial charge in [-0.1, -0.05) is 12.8 Å². The Morgan fingerprint density at radius 3 is 2.71 bits per heavy atom. The number of hydroxylamine groups is 1. The summed E-state index contributed by atoms with van der Waals surface area (Å²) in [5.41, 5.74) is 1.82. The van der Waals surface area contributed by atoms with E-state index in [1.54, 1.807) is 0 Å². The Hall–Kier alpha value is -1.49. The second-order valence-electron chi connectivity index (χ2n) is 4.08. The SMILES string of the molecule is O=C(NOC1CCCC1)c1cc(F)ccc1F. The molecule has 5 heteroatoms. The van der Waals surface area contributed by atoms with Gasteiger partial charge < -0.3 is 0 Å². The van der Waals surface area contributed by atoms with Crippen molar-refractivity contribution in [3.8, 4) is 0 Å². The van der Waals surface area contributed by atoms with Gasteiger partial charge in [0.2, 0.25) is 0 Å². The predicted molar refractivity (Wildman–Crippen MR) is 57.2 cm³/mol. The zero-order chi connectivity index (χ0) is 12.3. The van der Waals surface area contributed by atoms with Crippen LogP contribution in [0.1, 0.15) is 36.0 Å². The minimum Gasteiger partial charge on any atom is -0.270 e. The molecule has 0 aromatic heterocycles. The molecule has 0 bridgehead atoms. The summed E-state index contributed by atoms with van der Waals surface area (Å²) in [6.07, 6.45) is 3.87. The first kappa shape index (κ1) is 12.0. The lowest BCUT2D eigenvalue weighted by Gasteiger charge is -2.11. The molecule has 0 unspecified atom stereocenters. The van der Waals surface area contributed by atoms with Gasteiger partial charge >= 0.3 is 0 Å². The van der Waals surface area contributed by atoms with E-state index in [-0.39, 0.29) is 11.7 Å². The Bertz CT molecular complexity index is 417. The summed E-state index contributed by atoms with van der Waals surface area (Å²) in [7, 11) is 0. The fourth-order valence-electron chi connectivity index (χ4n) is 1.87. The first-order valence-corrected chi connectivity index (χ1v) is 5.58. The third-order valence-electron chi connectivity index (χ3n) is 2.79. The molecule has 0 aliphatic heterocycles. The Morgan fingerprint density at radius 2 is 2.00 bits per heavy atom. The van der Waals surface area contributed by atoms with Crippen molar-refractivity contribution in [1.82, 2.24) is 5.48 Å². The molecule has 3 nitrogen and oxygen atoms in total. The van der Waals surface area contributed by atoms with Crippen LogP contribution >= 0.6 is 0 Å². The number of carbonyl (C=O) groups excluding carboxylic acids is 1. The second kappa shape index (κ2) is 5.23. The van der Waals surface area contributed by atoms with Crippen molar-refractivity contribution in [3.63, 3.8) is 0 Å². The molecule has 0 radical (unpaired) electrons. The van der Waals surface area contributed by atoms with Crippen LogP contribution in [-0.4, -0.2) is 12.0 Å². The van der Waals surface area contributed by atoms with Crippen LogP contribution < -0.4 is 5.48 Å². The van der Waals surface area contributed by atoms with Crippen LogP contribution in [0.15, 0.2) is 18.2 Å². The quantitative estimate of drug-likeness (QED) is 0.826. The predicted octanol–water partition coefficient (Wildman–Crippen LogP) is 2.57. The summed E-state index contributed by atoms with van der Waals surface area (Å²) in [6.45, 7) is 0. The molecule has 1 aliphatic carbocycles. The molecule has 1 aromatic rings. The Labute approximate surface area is 97.7 Å². The fourth-order valence-corrected chi connectivity index (χ4v) is 1.87. The zero-order valence-corrected chi connectivity index (χ0v) is 9.21. The van der Waals surface area contributed by atoms with Gasteiger partial charge in [0.15, 0.2) is 0 Å². The maximum Gasteiger partial charge on any atom is 0.277 e. The fraction of sp³-hybridized carbons (Fsp3) is 0.417. The number of rotatable bonds is 3. The van der Waals surface area contributed by atoms with E-state index in [1.807, 2.05) is 0 Å². The minimum atomic E-state index is -0.765. The van der Waals surface area contributed by atoms with Gasteiger partial charge in [-0.15, -0.1) is 0 Å². The molecule has 1 fully saturated rings. The van der Waals surface area contributed by atoms with E-state index >= 15 is 0 Å². The first-order valence-electron chi connectivity index (χ1n) is 5.58. The van der Waals surface area contributed by atoms with Crippen LogP contribution in [0.3, 0.4) is 0 Å². The van der Waals surface area contributed by atoms with Gasteiger partial charge in [0.1, 0.15) is 11.6 Å². The highest BCUT2D eigenvalue weighted by molar-refractivity contribution is 5.93. The van der Waals surface area contributed by atoms with E-state index in [0.29, 0.717) is 0 Å². The molecular weight excluding hydrogens is 228 g/mol. The number of nitrogens with one attached hydrogen (secondary N) is 1. The molecule has 0 atom stereocenters.